The van der Waals surface area contributed by atoms with Crippen LogP contribution in [0.25, 0.3) is 11.4 Å². The number of aryl methyl sites for hydroxylation is 1. The number of hydrogen-bond acceptors (Lipinski definition) is 3. The third kappa shape index (κ3) is 4.73. The van der Waals surface area contributed by atoms with E-state index < -0.39 is 17.3 Å². The van der Waals surface area contributed by atoms with Crippen LogP contribution in [0.4, 0.5) is 13.2 Å². The minimum atomic E-state index is -4.49. The normalized spacial score (nSPS) is 11.9. The molecule has 0 N–H and O–H groups in total. The zero-order valence-corrected chi connectivity index (χ0v) is 18.5. The summed E-state index contributed by atoms with van der Waals surface area (Å²) in [6.07, 6.45) is -3.77. The number of hydrogen-bond donors (Lipinski definition) is 0. The number of alkyl halides is 3. The van der Waals surface area contributed by atoms with Crippen molar-refractivity contribution in [3.05, 3.63) is 64.4 Å². The maximum absolute atomic E-state index is 13.4. The molecule has 0 spiro atoms. The van der Waals surface area contributed by atoms with E-state index in [1.165, 1.54) is 16.7 Å². The number of nitrogens with zero attached hydrogens (tertiary/aromatic N) is 3. The van der Waals surface area contributed by atoms with Crippen LogP contribution in [-0.4, -0.2) is 14.8 Å². The van der Waals surface area contributed by atoms with E-state index in [1.807, 2.05) is 13.0 Å². The van der Waals surface area contributed by atoms with Gasteiger partial charge in [0.1, 0.15) is 5.75 Å². The Morgan fingerprint density at radius 3 is 2.37 bits per heavy atom. The van der Waals surface area contributed by atoms with E-state index >= 15 is 0 Å². The first kappa shape index (κ1) is 24.0. The monoisotopic (exact) mass is 459 g/mol. The molecule has 0 aliphatic carbocycles. The predicted octanol–water partition coefficient (Wildman–Crippen LogP) is 6.45. The van der Waals surface area contributed by atoms with Crippen LogP contribution in [0.3, 0.4) is 0 Å². The first-order valence-corrected chi connectivity index (χ1v) is 9.46. The van der Waals surface area contributed by atoms with E-state index in [-0.39, 0.29) is 23.8 Å². The van der Waals surface area contributed by atoms with Crippen molar-refractivity contribution >= 4 is 24.0 Å². The third-order valence-electron chi connectivity index (χ3n) is 4.66. The molecule has 0 atom stereocenters. The SMILES string of the molecule is CCc1cc(Cl)ccc1OC(C)(C)c1nnc(-c2ccccc2C(F)(F)F)n1C.Cl. The van der Waals surface area contributed by atoms with Crippen LogP contribution < -0.4 is 4.74 Å². The van der Waals surface area contributed by atoms with Crippen molar-refractivity contribution in [3.63, 3.8) is 0 Å². The van der Waals surface area contributed by atoms with Crippen LogP contribution in [0.2, 0.25) is 5.02 Å². The van der Waals surface area contributed by atoms with Gasteiger partial charge < -0.3 is 9.30 Å². The lowest BCUT2D eigenvalue weighted by Gasteiger charge is -2.27. The highest BCUT2D eigenvalue weighted by Gasteiger charge is 2.36. The topological polar surface area (TPSA) is 39.9 Å². The Hall–Kier alpha value is -2.25. The van der Waals surface area contributed by atoms with E-state index in [0.717, 1.165) is 18.1 Å². The van der Waals surface area contributed by atoms with Crippen molar-refractivity contribution in [2.24, 2.45) is 7.05 Å². The Balaban J connectivity index is 0.00000320. The van der Waals surface area contributed by atoms with Crippen LogP contribution in [-0.2, 0) is 25.2 Å². The second kappa shape index (κ2) is 8.86. The Bertz CT molecular complexity index is 1030. The Labute approximate surface area is 184 Å². The predicted molar refractivity (Wildman–Crippen MR) is 113 cm³/mol. The van der Waals surface area contributed by atoms with Gasteiger partial charge in [-0.05, 0) is 50.1 Å². The lowest BCUT2D eigenvalue weighted by molar-refractivity contribution is -0.137. The number of benzene rings is 2. The second-order valence-electron chi connectivity index (χ2n) is 7.17. The fourth-order valence-electron chi connectivity index (χ4n) is 3.26. The molecule has 9 heteroatoms. The first-order chi connectivity index (χ1) is 13.5. The summed E-state index contributed by atoms with van der Waals surface area (Å²) in [4.78, 5) is 0. The molecule has 3 rings (SSSR count). The van der Waals surface area contributed by atoms with Crippen LogP contribution in [0.15, 0.2) is 42.5 Å². The minimum absolute atomic E-state index is 0. The van der Waals surface area contributed by atoms with E-state index in [4.69, 9.17) is 16.3 Å². The van der Waals surface area contributed by atoms with Gasteiger partial charge in [-0.1, -0.05) is 36.7 Å². The molecule has 0 aliphatic rings. The van der Waals surface area contributed by atoms with Gasteiger partial charge in [-0.25, -0.2) is 0 Å². The zero-order valence-electron chi connectivity index (χ0n) is 16.9. The average molecular weight is 460 g/mol. The smallest absolute Gasteiger partial charge is 0.417 e. The van der Waals surface area contributed by atoms with Crippen molar-refractivity contribution < 1.29 is 17.9 Å². The molecule has 3 aromatic rings. The molecular formula is C21H22Cl2F3N3O. The van der Waals surface area contributed by atoms with Crippen LogP contribution in [0.5, 0.6) is 5.75 Å². The fraction of sp³-hybridized carbons (Fsp3) is 0.333. The fourth-order valence-corrected chi connectivity index (χ4v) is 3.45. The highest BCUT2D eigenvalue weighted by molar-refractivity contribution is 6.30. The van der Waals surface area contributed by atoms with Crippen molar-refractivity contribution in [3.8, 4) is 17.1 Å². The summed E-state index contributed by atoms with van der Waals surface area (Å²) in [5, 5.41) is 8.80. The molecule has 4 nitrogen and oxygen atoms in total. The molecular weight excluding hydrogens is 438 g/mol. The lowest BCUT2D eigenvalue weighted by atomic mass is 10.1. The molecule has 0 bridgehead atoms. The summed E-state index contributed by atoms with van der Waals surface area (Å²) in [5.41, 5.74) is -0.801. The van der Waals surface area contributed by atoms with E-state index in [1.54, 1.807) is 39.1 Å². The summed E-state index contributed by atoms with van der Waals surface area (Å²) in [6, 6.07) is 10.7. The van der Waals surface area contributed by atoms with Gasteiger partial charge in [0, 0.05) is 17.6 Å². The Morgan fingerprint density at radius 1 is 1.07 bits per heavy atom. The van der Waals surface area contributed by atoms with Gasteiger partial charge in [-0.15, -0.1) is 22.6 Å². The molecule has 0 saturated carbocycles. The van der Waals surface area contributed by atoms with Gasteiger partial charge in [-0.3, -0.25) is 0 Å². The molecule has 0 radical (unpaired) electrons. The number of halogens is 5. The maximum atomic E-state index is 13.4. The summed E-state index contributed by atoms with van der Waals surface area (Å²) < 4.78 is 48.0. The lowest BCUT2D eigenvalue weighted by Crippen LogP contribution is -2.29. The van der Waals surface area contributed by atoms with Crippen LogP contribution in [0.1, 0.15) is 37.7 Å². The highest BCUT2D eigenvalue weighted by atomic mass is 35.5. The van der Waals surface area contributed by atoms with Crippen molar-refractivity contribution in [2.45, 2.75) is 39.0 Å². The quantitative estimate of drug-likeness (QED) is 0.439. The largest absolute Gasteiger partial charge is 0.480 e. The van der Waals surface area contributed by atoms with Gasteiger partial charge >= 0.3 is 6.18 Å². The zero-order chi connectivity index (χ0) is 21.4. The molecule has 0 fully saturated rings. The Kier molecular flexibility index (Phi) is 7.09. The minimum Gasteiger partial charge on any atom is -0.480 e. The standard InChI is InChI=1S/C21H21ClF3N3O.ClH/c1-5-13-12-14(22)10-11-17(13)29-20(2,3)19-27-26-18(28(19)4)15-8-6-7-9-16(15)21(23,24)25;/h6-12H,5H2,1-4H3;1H. The first-order valence-electron chi connectivity index (χ1n) is 9.08. The van der Waals surface area contributed by atoms with E-state index in [0.29, 0.717) is 16.6 Å². The molecule has 162 valence electrons. The van der Waals surface area contributed by atoms with Gasteiger partial charge in [0.2, 0.25) is 0 Å². The summed E-state index contributed by atoms with van der Waals surface area (Å²) >= 11 is 6.06. The van der Waals surface area contributed by atoms with Gasteiger partial charge in [0.15, 0.2) is 17.2 Å². The van der Waals surface area contributed by atoms with Crippen molar-refractivity contribution in [1.29, 1.82) is 0 Å². The molecule has 2 aromatic carbocycles. The van der Waals surface area contributed by atoms with Gasteiger partial charge in [0.05, 0.1) is 5.56 Å². The number of ether oxygens (including phenoxy) is 1. The second-order valence-corrected chi connectivity index (χ2v) is 7.60. The summed E-state index contributed by atoms with van der Waals surface area (Å²) in [5.74, 6) is 1.17. The molecule has 1 heterocycles. The average Bonchev–Trinajstić information content (AvgIpc) is 3.04. The van der Waals surface area contributed by atoms with E-state index in [9.17, 15) is 13.2 Å². The van der Waals surface area contributed by atoms with Crippen LogP contribution in [0, 0.1) is 0 Å². The third-order valence-corrected chi connectivity index (χ3v) is 4.89. The van der Waals surface area contributed by atoms with Crippen LogP contribution >= 0.6 is 24.0 Å². The van der Waals surface area contributed by atoms with Gasteiger partial charge in [0.25, 0.3) is 0 Å². The molecule has 0 saturated heterocycles. The van der Waals surface area contributed by atoms with Crippen molar-refractivity contribution in [1.82, 2.24) is 14.8 Å². The molecule has 0 amide bonds. The maximum Gasteiger partial charge on any atom is 0.417 e. The number of rotatable bonds is 5. The van der Waals surface area contributed by atoms with Crippen molar-refractivity contribution in [2.75, 3.05) is 0 Å². The molecule has 0 aliphatic heterocycles. The summed E-state index contributed by atoms with van der Waals surface area (Å²) in [7, 11) is 1.63. The molecule has 0 unspecified atom stereocenters. The van der Waals surface area contributed by atoms with Gasteiger partial charge in [-0.2, -0.15) is 13.2 Å². The molecule has 30 heavy (non-hydrogen) atoms. The Morgan fingerprint density at radius 2 is 1.73 bits per heavy atom. The number of aromatic nitrogens is 3. The summed E-state index contributed by atoms with van der Waals surface area (Å²) in [6.45, 7) is 5.58. The highest BCUT2D eigenvalue weighted by Crippen LogP contribution is 2.37. The molecule has 1 aromatic heterocycles. The van der Waals surface area contributed by atoms with E-state index in [2.05, 4.69) is 10.2 Å².